The van der Waals surface area contributed by atoms with Gasteiger partial charge in [0.2, 0.25) is 0 Å². The Morgan fingerprint density at radius 3 is 1.46 bits per heavy atom. The van der Waals surface area contributed by atoms with Crippen LogP contribution in [0, 0.1) is 0 Å². The number of benzene rings is 3. The van der Waals surface area contributed by atoms with E-state index in [1.54, 1.807) is 0 Å². The van der Waals surface area contributed by atoms with Crippen LogP contribution in [0.25, 0.3) is 0 Å². The normalized spacial score (nSPS) is 27.1. The van der Waals surface area contributed by atoms with Gasteiger partial charge in [0.05, 0.1) is 33.0 Å². The van der Waals surface area contributed by atoms with Crippen molar-refractivity contribution in [2.75, 3.05) is 20.3 Å². The average Bonchev–Trinajstić information content (AvgIpc) is 3.47. The molecule has 2 fully saturated rings. The maximum absolute atomic E-state index is 12.3. The summed E-state index contributed by atoms with van der Waals surface area (Å²) in [6, 6.07) is 29.2. The zero-order valence-corrected chi connectivity index (χ0v) is 29.7. The summed E-state index contributed by atoms with van der Waals surface area (Å²) in [5.41, 5.74) is 2.89. The Kier molecular flexibility index (Phi) is 14.7. The maximum Gasteiger partial charge on any atom is 0.303 e. The van der Waals surface area contributed by atoms with Crippen LogP contribution in [0.5, 0.6) is 0 Å². The van der Waals surface area contributed by atoms with Gasteiger partial charge >= 0.3 is 17.9 Å². The molecule has 280 valence electrons. The van der Waals surface area contributed by atoms with Gasteiger partial charge in [-0.3, -0.25) is 14.4 Å². The molecule has 5 rings (SSSR count). The molecule has 2 saturated heterocycles. The molecular weight excluding hydrogens is 676 g/mol. The number of ether oxygens (including phenoxy) is 10. The van der Waals surface area contributed by atoms with E-state index in [1.807, 2.05) is 91.0 Å². The van der Waals surface area contributed by atoms with Crippen LogP contribution in [0.3, 0.4) is 0 Å². The first-order valence-electron chi connectivity index (χ1n) is 17.1. The second kappa shape index (κ2) is 19.6. The molecule has 9 atom stereocenters. The zero-order valence-electron chi connectivity index (χ0n) is 29.7. The van der Waals surface area contributed by atoms with Crippen LogP contribution >= 0.6 is 0 Å². The number of methoxy groups -OCH3 is 1. The smallest absolute Gasteiger partial charge is 0.303 e. The number of esters is 3. The van der Waals surface area contributed by atoms with Gasteiger partial charge in [-0.05, 0) is 16.7 Å². The van der Waals surface area contributed by atoms with Gasteiger partial charge in [-0.1, -0.05) is 91.0 Å². The summed E-state index contributed by atoms with van der Waals surface area (Å²) in [7, 11) is 1.35. The molecule has 13 nitrogen and oxygen atoms in total. The van der Waals surface area contributed by atoms with Gasteiger partial charge in [0.25, 0.3) is 0 Å². The predicted octanol–water partition coefficient (Wildman–Crippen LogP) is 4.28. The van der Waals surface area contributed by atoms with Crippen LogP contribution in [0.1, 0.15) is 37.5 Å². The third-order valence-electron chi connectivity index (χ3n) is 8.39. The first kappa shape index (κ1) is 39.0. The van der Waals surface area contributed by atoms with Crippen LogP contribution < -0.4 is 0 Å². The molecule has 0 amide bonds. The minimum absolute atomic E-state index is 0.166. The third-order valence-corrected chi connectivity index (χ3v) is 8.39. The molecule has 0 saturated carbocycles. The lowest BCUT2D eigenvalue weighted by Crippen LogP contribution is -2.62. The van der Waals surface area contributed by atoms with Gasteiger partial charge in [-0.15, -0.1) is 0 Å². The zero-order chi connectivity index (χ0) is 36.9. The summed E-state index contributed by atoms with van der Waals surface area (Å²) in [6.07, 6.45) is -8.98. The minimum atomic E-state index is -1.27. The highest BCUT2D eigenvalue weighted by Crippen LogP contribution is 2.33. The van der Waals surface area contributed by atoms with E-state index in [1.165, 1.54) is 27.9 Å². The second-order valence-electron chi connectivity index (χ2n) is 12.4. The Balaban J connectivity index is 1.39. The Bertz CT molecular complexity index is 1540. The highest BCUT2D eigenvalue weighted by atomic mass is 16.8. The quantitative estimate of drug-likeness (QED) is 0.145. The summed E-state index contributed by atoms with van der Waals surface area (Å²) < 4.78 is 60.2. The maximum atomic E-state index is 12.3. The molecule has 2 aliphatic rings. The van der Waals surface area contributed by atoms with E-state index in [0.29, 0.717) is 6.61 Å². The molecule has 0 aliphatic carbocycles. The number of carbonyl (C=O) groups is 3. The fourth-order valence-electron chi connectivity index (χ4n) is 6.11. The van der Waals surface area contributed by atoms with E-state index in [-0.39, 0.29) is 26.4 Å². The van der Waals surface area contributed by atoms with Gasteiger partial charge in [0.1, 0.15) is 24.4 Å². The number of hydrogen-bond acceptors (Lipinski definition) is 13. The fourth-order valence-corrected chi connectivity index (χ4v) is 6.11. The van der Waals surface area contributed by atoms with Crippen LogP contribution in [-0.2, 0) is 81.6 Å². The molecule has 13 heteroatoms. The molecule has 2 aliphatic heterocycles. The highest BCUT2D eigenvalue weighted by Gasteiger charge is 2.53. The van der Waals surface area contributed by atoms with Crippen molar-refractivity contribution in [1.82, 2.24) is 0 Å². The lowest BCUT2D eigenvalue weighted by Gasteiger charge is -2.44. The molecule has 0 bridgehead atoms. The molecule has 0 spiro atoms. The van der Waals surface area contributed by atoms with E-state index in [9.17, 15) is 14.4 Å². The Hall–Kier alpha value is -4.21. The molecule has 0 N–H and O–H groups in total. The lowest BCUT2D eigenvalue weighted by molar-refractivity contribution is -0.310. The average molecular weight is 723 g/mol. The lowest BCUT2D eigenvalue weighted by atomic mass is 9.98. The van der Waals surface area contributed by atoms with Crippen molar-refractivity contribution in [3.8, 4) is 0 Å². The summed E-state index contributed by atoms with van der Waals surface area (Å²) in [5.74, 6) is -2.05. The molecule has 0 unspecified atom stereocenters. The fraction of sp³-hybridized carbons (Fsp3) is 0.462. The van der Waals surface area contributed by atoms with Crippen LogP contribution in [0.4, 0.5) is 0 Å². The Labute approximate surface area is 303 Å². The molecule has 3 aromatic rings. The molecule has 0 radical (unpaired) electrons. The molecule has 2 heterocycles. The SMILES string of the molecule is CO[C@H]1O[C@H](CO[C@@H]2O[C@H](COCc3ccccc3)[C@@H](OCc3ccccc3)[C@@H]2OCc2ccccc2)[C@@H](OC(C)=O)[C@H](OC(C)=O)[C@H]1OC(C)=O. The van der Waals surface area contributed by atoms with E-state index < -0.39 is 73.2 Å². The van der Waals surface area contributed by atoms with Gasteiger partial charge in [-0.2, -0.15) is 0 Å². The first-order valence-corrected chi connectivity index (χ1v) is 17.1. The number of carbonyl (C=O) groups excluding carboxylic acids is 3. The third kappa shape index (κ3) is 11.1. The summed E-state index contributed by atoms with van der Waals surface area (Å²) in [6.45, 7) is 4.38. The van der Waals surface area contributed by atoms with E-state index in [4.69, 9.17) is 47.4 Å². The number of hydrogen-bond donors (Lipinski definition) is 0. The molecule has 3 aromatic carbocycles. The Morgan fingerprint density at radius 1 is 0.500 bits per heavy atom. The van der Waals surface area contributed by atoms with Crippen molar-refractivity contribution in [2.45, 2.75) is 95.9 Å². The van der Waals surface area contributed by atoms with Gasteiger partial charge in [0.15, 0.2) is 30.9 Å². The van der Waals surface area contributed by atoms with E-state index in [2.05, 4.69) is 0 Å². The first-order chi connectivity index (χ1) is 25.2. The van der Waals surface area contributed by atoms with Gasteiger partial charge in [0, 0.05) is 27.9 Å². The molecule has 52 heavy (non-hydrogen) atoms. The summed E-state index contributed by atoms with van der Waals surface area (Å²) >= 11 is 0. The van der Waals surface area contributed by atoms with E-state index in [0.717, 1.165) is 16.7 Å². The number of rotatable bonds is 17. The largest absolute Gasteiger partial charge is 0.456 e. The van der Waals surface area contributed by atoms with E-state index >= 15 is 0 Å². The van der Waals surface area contributed by atoms with Crippen molar-refractivity contribution in [3.63, 3.8) is 0 Å². The van der Waals surface area contributed by atoms with Gasteiger partial charge < -0.3 is 47.4 Å². The highest BCUT2D eigenvalue weighted by molar-refractivity contribution is 5.68. The minimum Gasteiger partial charge on any atom is -0.456 e. The monoisotopic (exact) mass is 722 g/mol. The van der Waals surface area contributed by atoms with Crippen LogP contribution in [0.15, 0.2) is 91.0 Å². The van der Waals surface area contributed by atoms with Crippen molar-refractivity contribution in [1.29, 1.82) is 0 Å². The van der Waals surface area contributed by atoms with Crippen molar-refractivity contribution in [2.24, 2.45) is 0 Å². The predicted molar refractivity (Wildman–Crippen MR) is 183 cm³/mol. The van der Waals surface area contributed by atoms with Crippen LogP contribution in [-0.4, -0.2) is 93.5 Å². The van der Waals surface area contributed by atoms with Crippen molar-refractivity contribution >= 4 is 17.9 Å². The second-order valence-corrected chi connectivity index (χ2v) is 12.4. The standard InChI is InChI=1S/C39H46O13/c1-25(40)48-34-32(51-38(43-4)37(50-27(3)42)35(34)49-26(2)41)24-47-39-36(46-22-30-18-12-7-13-19-30)33(45-21-29-16-10-6-11-17-29)31(52-39)23-44-20-28-14-8-5-9-15-28/h5-19,31-39H,20-24H2,1-4H3/t31-,32-,33-,34-,35+,36+,37-,38+,39-/m1/s1. The summed E-state index contributed by atoms with van der Waals surface area (Å²) in [4.78, 5) is 36.5. The Morgan fingerprint density at radius 2 is 0.942 bits per heavy atom. The molecular formula is C39H46O13. The van der Waals surface area contributed by atoms with Crippen LogP contribution in [0.2, 0.25) is 0 Å². The summed E-state index contributed by atoms with van der Waals surface area (Å²) in [5, 5.41) is 0. The molecule has 0 aromatic heterocycles. The topological polar surface area (TPSA) is 144 Å². The van der Waals surface area contributed by atoms with Gasteiger partial charge in [-0.25, -0.2) is 0 Å². The van der Waals surface area contributed by atoms with Crippen molar-refractivity contribution < 1.29 is 61.8 Å². The van der Waals surface area contributed by atoms with Crippen molar-refractivity contribution in [3.05, 3.63) is 108 Å².